The summed E-state index contributed by atoms with van der Waals surface area (Å²) in [7, 11) is 0. The molecule has 4 atom stereocenters. The molecule has 0 radical (unpaired) electrons. The van der Waals surface area contributed by atoms with E-state index in [1.165, 1.54) is 40.4 Å². The zero-order valence-corrected chi connectivity index (χ0v) is 24.1. The molecule has 3 unspecified atom stereocenters. The van der Waals surface area contributed by atoms with Crippen LogP contribution < -0.4 is 10.6 Å². The lowest BCUT2D eigenvalue weighted by atomic mass is 9.89. The van der Waals surface area contributed by atoms with E-state index in [2.05, 4.69) is 25.8 Å². The third-order valence-corrected chi connectivity index (χ3v) is 10.3. The van der Waals surface area contributed by atoms with Crippen molar-refractivity contribution in [2.45, 2.75) is 35.4 Å². The van der Waals surface area contributed by atoms with Gasteiger partial charge in [-0.1, -0.05) is 11.2 Å². The van der Waals surface area contributed by atoms with E-state index in [-0.39, 0.29) is 46.3 Å². The minimum Gasteiger partial charge on any atom is -0.481 e. The van der Waals surface area contributed by atoms with Gasteiger partial charge in [0.05, 0.1) is 10.6 Å². The zero-order chi connectivity index (χ0) is 29.9. The summed E-state index contributed by atoms with van der Waals surface area (Å²) in [4.78, 5) is 76.1. The van der Waals surface area contributed by atoms with Gasteiger partial charge in [0, 0.05) is 29.6 Å². The number of pyridine rings is 1. The fraction of sp³-hybridized carbons (Fsp3) is 0.360. The number of nitrogens with zero attached hydrogens (tertiary/aromatic N) is 4. The maximum atomic E-state index is 13.3. The summed E-state index contributed by atoms with van der Waals surface area (Å²) in [5.74, 6) is -3.14. The van der Waals surface area contributed by atoms with Crippen molar-refractivity contribution in [3.8, 4) is 0 Å². The smallest absolute Gasteiger partial charge is 0.335 e. The SMILES string of the molecule is O=CNc1nc(C(=NOC2C=CCC2)C(=O)NC2C(=O)N3CC(CSc4cc(C(=O)O)ccn4)(C(=O)O)CS[C@H]23)cs1. The Bertz CT molecular complexity index is 1480. The van der Waals surface area contributed by atoms with Gasteiger partial charge in [-0.15, -0.1) is 34.9 Å². The van der Waals surface area contributed by atoms with Gasteiger partial charge >= 0.3 is 11.9 Å². The number of amides is 3. The molecular formula is C25H24N6O8S3. The largest absolute Gasteiger partial charge is 0.481 e. The maximum absolute atomic E-state index is 13.3. The average molecular weight is 633 g/mol. The number of carboxylic acid groups (broad SMARTS) is 2. The number of aromatic carboxylic acids is 1. The van der Waals surface area contributed by atoms with Crippen molar-refractivity contribution in [2.24, 2.45) is 10.6 Å². The first kappa shape index (κ1) is 29.5. The number of carboxylic acids is 2. The number of thioether (sulfide) groups is 2. The molecule has 17 heteroatoms. The van der Waals surface area contributed by atoms with Crippen molar-refractivity contribution < 1.29 is 39.0 Å². The van der Waals surface area contributed by atoms with E-state index in [0.717, 1.165) is 29.5 Å². The van der Waals surface area contributed by atoms with E-state index in [4.69, 9.17) is 4.84 Å². The van der Waals surface area contributed by atoms with E-state index in [1.807, 2.05) is 12.2 Å². The minimum absolute atomic E-state index is 0.0355. The van der Waals surface area contributed by atoms with Crippen molar-refractivity contribution in [1.82, 2.24) is 20.2 Å². The number of oxime groups is 1. The molecule has 5 rings (SSSR count). The number of thiazole rings is 1. The Morgan fingerprint density at radius 3 is 2.88 bits per heavy atom. The Kier molecular flexibility index (Phi) is 8.79. The molecule has 3 aliphatic rings. The number of rotatable bonds is 12. The van der Waals surface area contributed by atoms with Gasteiger partial charge in [-0.25, -0.2) is 14.8 Å². The van der Waals surface area contributed by atoms with Gasteiger partial charge in [0.2, 0.25) is 12.3 Å². The van der Waals surface area contributed by atoms with Crippen LogP contribution in [-0.4, -0.2) is 96.5 Å². The number of allylic oxidation sites excluding steroid dienone is 1. The number of carbonyl (C=O) groups excluding carboxylic acids is 3. The summed E-state index contributed by atoms with van der Waals surface area (Å²) < 4.78 is 0. The first-order valence-corrected chi connectivity index (χ1v) is 15.5. The van der Waals surface area contributed by atoms with Crippen LogP contribution in [0.25, 0.3) is 0 Å². The predicted molar refractivity (Wildman–Crippen MR) is 153 cm³/mol. The number of aromatic nitrogens is 2. The Labute approximate surface area is 251 Å². The number of hydrogen-bond donors (Lipinski definition) is 4. The number of hydrogen-bond acceptors (Lipinski definition) is 12. The molecule has 4 heterocycles. The van der Waals surface area contributed by atoms with Crippen molar-refractivity contribution >= 4 is 75.9 Å². The topological polar surface area (TPSA) is 200 Å². The van der Waals surface area contributed by atoms with Gasteiger partial charge in [0.25, 0.3) is 5.91 Å². The Balaban J connectivity index is 1.26. The summed E-state index contributed by atoms with van der Waals surface area (Å²) in [6.07, 6.45) is 6.78. The van der Waals surface area contributed by atoms with Gasteiger partial charge in [0.15, 0.2) is 10.8 Å². The fourth-order valence-corrected chi connectivity index (χ4v) is 7.88. The first-order valence-electron chi connectivity index (χ1n) is 12.6. The molecule has 0 spiro atoms. The van der Waals surface area contributed by atoms with Gasteiger partial charge < -0.3 is 30.6 Å². The molecule has 0 saturated carbocycles. The molecule has 2 aromatic heterocycles. The molecule has 2 fully saturated rings. The molecular weight excluding hydrogens is 609 g/mol. The van der Waals surface area contributed by atoms with Crippen molar-refractivity contribution in [1.29, 1.82) is 0 Å². The highest BCUT2D eigenvalue weighted by Gasteiger charge is 2.57. The fourth-order valence-electron chi connectivity index (χ4n) is 4.47. The Morgan fingerprint density at radius 1 is 1.33 bits per heavy atom. The summed E-state index contributed by atoms with van der Waals surface area (Å²) in [5, 5.41) is 30.1. The van der Waals surface area contributed by atoms with Crippen LogP contribution in [0.1, 0.15) is 28.9 Å². The number of carbonyl (C=O) groups is 5. The second-order valence-corrected chi connectivity index (χ2v) is 12.5. The molecule has 2 saturated heterocycles. The monoisotopic (exact) mass is 632 g/mol. The molecule has 14 nitrogen and oxygen atoms in total. The van der Waals surface area contributed by atoms with Gasteiger partial charge in [0.1, 0.15) is 28.6 Å². The summed E-state index contributed by atoms with van der Waals surface area (Å²) in [6, 6.07) is 1.80. The second-order valence-electron chi connectivity index (χ2n) is 9.57. The number of anilines is 1. The van der Waals surface area contributed by atoms with E-state index in [0.29, 0.717) is 17.9 Å². The van der Waals surface area contributed by atoms with Gasteiger partial charge in [-0.2, -0.15) is 0 Å². The van der Waals surface area contributed by atoms with Gasteiger partial charge in [-0.05, 0) is 31.1 Å². The van der Waals surface area contributed by atoms with Crippen LogP contribution in [0.3, 0.4) is 0 Å². The number of β-lactam (4-membered cyclic amide) rings is 1. The highest BCUT2D eigenvalue weighted by molar-refractivity contribution is 8.00. The van der Waals surface area contributed by atoms with Crippen LogP contribution in [-0.2, 0) is 24.0 Å². The third kappa shape index (κ3) is 6.12. The van der Waals surface area contributed by atoms with Crippen LogP contribution >= 0.6 is 34.9 Å². The molecule has 3 amide bonds. The Morgan fingerprint density at radius 2 is 2.17 bits per heavy atom. The van der Waals surface area contributed by atoms with E-state index in [1.54, 1.807) is 0 Å². The number of fused-ring (bicyclic) bond motifs is 1. The van der Waals surface area contributed by atoms with Crippen molar-refractivity contribution in [3.05, 3.63) is 47.1 Å². The number of nitrogens with one attached hydrogen (secondary N) is 2. The third-order valence-electron chi connectivity index (χ3n) is 6.76. The van der Waals surface area contributed by atoms with E-state index < -0.39 is 40.6 Å². The van der Waals surface area contributed by atoms with E-state index >= 15 is 0 Å². The average Bonchev–Trinajstić information content (AvgIpc) is 3.68. The van der Waals surface area contributed by atoms with Crippen LogP contribution in [0, 0.1) is 5.41 Å². The summed E-state index contributed by atoms with van der Waals surface area (Å²) in [6.45, 7) is -0.0816. The minimum atomic E-state index is -1.31. The number of aliphatic carboxylic acids is 1. The lowest BCUT2D eigenvalue weighted by molar-refractivity contribution is -0.157. The van der Waals surface area contributed by atoms with Crippen molar-refractivity contribution in [3.63, 3.8) is 0 Å². The van der Waals surface area contributed by atoms with Crippen LogP contribution in [0.5, 0.6) is 0 Å². The molecule has 42 heavy (non-hydrogen) atoms. The molecule has 2 aromatic rings. The predicted octanol–water partition coefficient (Wildman–Crippen LogP) is 1.51. The zero-order valence-electron chi connectivity index (χ0n) is 21.7. The highest BCUT2D eigenvalue weighted by atomic mass is 32.2. The van der Waals surface area contributed by atoms with Crippen LogP contribution in [0.2, 0.25) is 0 Å². The molecule has 4 N–H and O–H groups in total. The highest BCUT2D eigenvalue weighted by Crippen LogP contribution is 2.44. The molecule has 0 aromatic carbocycles. The van der Waals surface area contributed by atoms with Gasteiger partial charge in [-0.3, -0.25) is 19.2 Å². The molecule has 2 aliphatic heterocycles. The summed E-state index contributed by atoms with van der Waals surface area (Å²) in [5.41, 5.74) is -1.28. The lowest BCUT2D eigenvalue weighted by Crippen LogP contribution is -2.74. The molecule has 220 valence electrons. The van der Waals surface area contributed by atoms with Crippen LogP contribution in [0.4, 0.5) is 5.13 Å². The molecule has 0 bridgehead atoms. The first-order chi connectivity index (χ1) is 20.2. The second kappa shape index (κ2) is 12.5. The summed E-state index contributed by atoms with van der Waals surface area (Å²) >= 11 is 3.43. The normalized spacial score (nSPS) is 24.9. The Hall–Kier alpha value is -3.96. The molecule has 1 aliphatic carbocycles. The quantitative estimate of drug-likeness (QED) is 0.0657. The van der Waals surface area contributed by atoms with E-state index in [9.17, 15) is 34.2 Å². The standard InChI is InChI=1S/C25H24N6O8S3/c32-12-27-24-28-15(8-40-24)17(30-39-14-3-1-2-4-14)19(33)29-18-20(34)31-9-25(23(37)38,11-42-21(18)31)10-41-16-7-13(22(35)36)5-6-26-16/h1,3,5-8,12,14,18,21H,2,4,9-11H2,(H,29,33)(H,35,36)(H,37,38)(H,27,28,32)/t14?,18?,21-,25?/m1/s1. The van der Waals surface area contributed by atoms with Crippen molar-refractivity contribution in [2.75, 3.05) is 23.4 Å². The maximum Gasteiger partial charge on any atom is 0.335 e. The van der Waals surface area contributed by atoms with Crippen LogP contribution in [0.15, 0.2) is 46.0 Å². The lowest BCUT2D eigenvalue weighted by Gasteiger charge is -2.53.